The molecule has 2 nitrogen and oxygen atoms in total. The number of nitrogens with zero attached hydrogens (tertiary/aromatic N) is 2. The van der Waals surface area contributed by atoms with Gasteiger partial charge in [0.15, 0.2) is 0 Å². The molecule has 2 aromatic carbocycles. The Hall–Kier alpha value is -2.06. The normalized spacial score (nSPS) is 19.1. The van der Waals surface area contributed by atoms with Crippen LogP contribution < -0.4 is 4.90 Å². The molecule has 3 aromatic rings. The van der Waals surface area contributed by atoms with Crippen molar-refractivity contribution in [1.29, 1.82) is 0 Å². The Kier molecular flexibility index (Phi) is 3.77. The maximum Gasteiger partial charge on any atom is 0.0780 e. The van der Waals surface area contributed by atoms with Gasteiger partial charge >= 0.3 is 0 Å². The molecule has 0 bridgehead atoms. The SMILES string of the molecule is CC1Cc2c(ccc(-c3cccc4cccnc34)c2Cl)N(C)C1(C)C. The number of anilines is 1. The van der Waals surface area contributed by atoms with Crippen LogP contribution in [0.3, 0.4) is 0 Å². The number of rotatable bonds is 1. The summed E-state index contributed by atoms with van der Waals surface area (Å²) < 4.78 is 0. The number of halogens is 1. The molecule has 25 heavy (non-hydrogen) atoms. The van der Waals surface area contributed by atoms with Gasteiger partial charge < -0.3 is 4.90 Å². The molecule has 0 radical (unpaired) electrons. The van der Waals surface area contributed by atoms with Gasteiger partial charge in [0.05, 0.1) is 10.5 Å². The zero-order chi connectivity index (χ0) is 17.8. The molecular formula is C22H23ClN2. The van der Waals surface area contributed by atoms with Crippen molar-refractivity contribution in [3.05, 3.63) is 59.2 Å². The monoisotopic (exact) mass is 350 g/mol. The molecular weight excluding hydrogens is 328 g/mol. The van der Waals surface area contributed by atoms with Crippen LogP contribution in [0.5, 0.6) is 0 Å². The lowest BCUT2D eigenvalue weighted by molar-refractivity contribution is 0.314. The molecule has 1 aliphatic rings. The Bertz CT molecular complexity index is 956. The van der Waals surface area contributed by atoms with Crippen LogP contribution in [0, 0.1) is 5.92 Å². The highest BCUT2D eigenvalue weighted by Gasteiger charge is 2.37. The largest absolute Gasteiger partial charge is 0.369 e. The minimum atomic E-state index is 0.124. The minimum Gasteiger partial charge on any atom is -0.369 e. The topological polar surface area (TPSA) is 16.1 Å². The summed E-state index contributed by atoms with van der Waals surface area (Å²) in [5, 5.41) is 2.00. The Morgan fingerprint density at radius 3 is 2.64 bits per heavy atom. The zero-order valence-corrected chi connectivity index (χ0v) is 15.9. The van der Waals surface area contributed by atoms with E-state index in [1.54, 1.807) is 0 Å². The third kappa shape index (κ3) is 2.43. The Labute approximate surface area is 154 Å². The fourth-order valence-electron chi connectivity index (χ4n) is 3.85. The number of fused-ring (bicyclic) bond motifs is 2. The van der Waals surface area contributed by atoms with Crippen LogP contribution >= 0.6 is 11.6 Å². The molecule has 1 unspecified atom stereocenters. The van der Waals surface area contributed by atoms with Gasteiger partial charge in [0.25, 0.3) is 0 Å². The van der Waals surface area contributed by atoms with Crippen molar-refractivity contribution < 1.29 is 0 Å². The summed E-state index contributed by atoms with van der Waals surface area (Å²) >= 11 is 6.93. The predicted molar refractivity (Wildman–Crippen MR) is 108 cm³/mol. The lowest BCUT2D eigenvalue weighted by Crippen LogP contribution is -2.50. The first-order valence-electron chi connectivity index (χ1n) is 8.80. The molecule has 2 heterocycles. The summed E-state index contributed by atoms with van der Waals surface area (Å²) in [6.45, 7) is 6.91. The number of hydrogen-bond donors (Lipinski definition) is 0. The van der Waals surface area contributed by atoms with Gasteiger partial charge in [-0.1, -0.05) is 48.9 Å². The lowest BCUT2D eigenvalue weighted by Gasteiger charge is -2.47. The number of para-hydroxylation sites is 1. The molecule has 128 valence electrons. The fraction of sp³-hybridized carbons (Fsp3) is 0.318. The van der Waals surface area contributed by atoms with E-state index in [1.165, 1.54) is 11.3 Å². The van der Waals surface area contributed by atoms with Crippen LogP contribution in [0.1, 0.15) is 26.3 Å². The fourth-order valence-corrected chi connectivity index (χ4v) is 4.18. The van der Waals surface area contributed by atoms with Gasteiger partial charge in [-0.2, -0.15) is 0 Å². The number of pyridine rings is 1. The first-order valence-corrected chi connectivity index (χ1v) is 9.18. The summed E-state index contributed by atoms with van der Waals surface area (Å²) in [6.07, 6.45) is 2.84. The minimum absolute atomic E-state index is 0.124. The van der Waals surface area contributed by atoms with E-state index in [0.717, 1.165) is 33.5 Å². The second kappa shape index (κ2) is 5.74. The van der Waals surface area contributed by atoms with Gasteiger partial charge in [-0.15, -0.1) is 0 Å². The predicted octanol–water partition coefficient (Wildman–Crippen LogP) is 5.96. The first-order chi connectivity index (χ1) is 11.9. The third-order valence-electron chi connectivity index (χ3n) is 6.08. The Balaban J connectivity index is 1.93. The number of aromatic nitrogens is 1. The van der Waals surface area contributed by atoms with Crippen LogP contribution in [0.4, 0.5) is 5.69 Å². The van der Waals surface area contributed by atoms with Crippen LogP contribution in [0.25, 0.3) is 22.0 Å². The van der Waals surface area contributed by atoms with Crippen molar-refractivity contribution in [3.63, 3.8) is 0 Å². The van der Waals surface area contributed by atoms with E-state index < -0.39 is 0 Å². The summed E-state index contributed by atoms with van der Waals surface area (Å²) in [5.74, 6) is 0.531. The van der Waals surface area contributed by atoms with Gasteiger partial charge in [-0.3, -0.25) is 4.98 Å². The van der Waals surface area contributed by atoms with E-state index in [2.05, 4.69) is 74.1 Å². The molecule has 0 spiro atoms. The van der Waals surface area contributed by atoms with Crippen molar-refractivity contribution in [2.24, 2.45) is 5.92 Å². The Morgan fingerprint density at radius 1 is 1.08 bits per heavy atom. The second-order valence-electron chi connectivity index (χ2n) is 7.62. The molecule has 1 atom stereocenters. The molecule has 0 amide bonds. The van der Waals surface area contributed by atoms with Gasteiger partial charge in [-0.25, -0.2) is 0 Å². The average Bonchev–Trinajstić information content (AvgIpc) is 2.61. The standard InChI is InChI=1S/C22H23ClN2/c1-14-13-18-19(25(4)22(14,2)3)11-10-16(20(18)23)17-9-5-7-15-8-6-12-24-21(15)17/h5-12,14H,13H2,1-4H3. The van der Waals surface area contributed by atoms with Crippen molar-refractivity contribution >= 4 is 28.2 Å². The maximum absolute atomic E-state index is 6.93. The van der Waals surface area contributed by atoms with E-state index in [-0.39, 0.29) is 5.54 Å². The van der Waals surface area contributed by atoms with Gasteiger partial charge in [0.1, 0.15) is 0 Å². The van der Waals surface area contributed by atoms with Crippen molar-refractivity contribution in [2.45, 2.75) is 32.7 Å². The molecule has 1 aromatic heterocycles. The highest BCUT2D eigenvalue weighted by Crippen LogP contribution is 2.45. The van der Waals surface area contributed by atoms with E-state index in [0.29, 0.717) is 5.92 Å². The van der Waals surface area contributed by atoms with Crippen molar-refractivity contribution in [3.8, 4) is 11.1 Å². The highest BCUT2D eigenvalue weighted by atomic mass is 35.5. The molecule has 0 fully saturated rings. The van der Waals surface area contributed by atoms with Crippen LogP contribution in [0.15, 0.2) is 48.7 Å². The quantitative estimate of drug-likeness (QED) is 0.538. The molecule has 0 saturated carbocycles. The van der Waals surface area contributed by atoms with E-state index in [9.17, 15) is 0 Å². The van der Waals surface area contributed by atoms with E-state index in [4.69, 9.17) is 11.6 Å². The average molecular weight is 351 g/mol. The van der Waals surface area contributed by atoms with Gasteiger partial charge in [0, 0.05) is 41.0 Å². The number of benzene rings is 2. The van der Waals surface area contributed by atoms with Crippen molar-refractivity contribution in [2.75, 3.05) is 11.9 Å². The van der Waals surface area contributed by atoms with Gasteiger partial charge in [0.2, 0.25) is 0 Å². The van der Waals surface area contributed by atoms with E-state index >= 15 is 0 Å². The lowest BCUT2D eigenvalue weighted by atomic mass is 9.78. The smallest absolute Gasteiger partial charge is 0.0780 e. The first kappa shape index (κ1) is 16.4. The van der Waals surface area contributed by atoms with Crippen LogP contribution in [-0.4, -0.2) is 17.6 Å². The van der Waals surface area contributed by atoms with Crippen LogP contribution in [-0.2, 0) is 6.42 Å². The molecule has 0 aliphatic carbocycles. The molecule has 0 N–H and O–H groups in total. The Morgan fingerprint density at radius 2 is 1.84 bits per heavy atom. The van der Waals surface area contributed by atoms with Crippen LogP contribution in [0.2, 0.25) is 5.02 Å². The molecule has 4 rings (SSSR count). The summed E-state index contributed by atoms with van der Waals surface area (Å²) in [7, 11) is 2.17. The van der Waals surface area contributed by atoms with Gasteiger partial charge in [-0.05, 0) is 43.9 Å². The highest BCUT2D eigenvalue weighted by molar-refractivity contribution is 6.35. The molecule has 0 saturated heterocycles. The zero-order valence-electron chi connectivity index (χ0n) is 15.2. The third-order valence-corrected chi connectivity index (χ3v) is 6.52. The molecule has 3 heteroatoms. The summed E-state index contributed by atoms with van der Waals surface area (Å²) in [6, 6.07) is 14.7. The summed E-state index contributed by atoms with van der Waals surface area (Å²) in [4.78, 5) is 6.96. The van der Waals surface area contributed by atoms with Crippen molar-refractivity contribution in [1.82, 2.24) is 4.98 Å². The second-order valence-corrected chi connectivity index (χ2v) is 8.00. The number of hydrogen-bond acceptors (Lipinski definition) is 2. The molecule has 1 aliphatic heterocycles. The maximum atomic E-state index is 6.93. The van der Waals surface area contributed by atoms with E-state index in [1.807, 2.05) is 12.3 Å². The summed E-state index contributed by atoms with van der Waals surface area (Å²) in [5.41, 5.74) is 5.80.